The average molecular weight is 389 g/mol. The van der Waals surface area contributed by atoms with E-state index in [2.05, 4.69) is 0 Å². The number of rotatable bonds is 4. The molecule has 1 aliphatic rings. The maximum absolute atomic E-state index is 12.8. The molecule has 0 radical (unpaired) electrons. The SMILES string of the molecule is Cc1cn(C/C=C\CN2C(=O)c3cccc4cccc(c34)C2=O)c(=O)n(C)c1=O. The van der Waals surface area contributed by atoms with Gasteiger partial charge in [-0.3, -0.25) is 28.4 Å². The molecule has 3 aromatic rings. The van der Waals surface area contributed by atoms with Crippen molar-refractivity contribution in [1.82, 2.24) is 14.0 Å². The summed E-state index contributed by atoms with van der Waals surface area (Å²) >= 11 is 0. The lowest BCUT2D eigenvalue weighted by Gasteiger charge is -2.26. The van der Waals surface area contributed by atoms with Gasteiger partial charge in [0.25, 0.3) is 17.4 Å². The predicted octanol–water partition coefficient (Wildman–Crippen LogP) is 1.86. The molecule has 2 aromatic carbocycles. The zero-order valence-electron chi connectivity index (χ0n) is 16.1. The van der Waals surface area contributed by atoms with Crippen LogP contribution in [-0.4, -0.2) is 32.4 Å². The first-order valence-corrected chi connectivity index (χ1v) is 9.20. The molecule has 146 valence electrons. The second-order valence-electron chi connectivity index (χ2n) is 7.01. The first-order chi connectivity index (χ1) is 13.9. The van der Waals surface area contributed by atoms with Crippen LogP contribution < -0.4 is 11.2 Å². The summed E-state index contributed by atoms with van der Waals surface area (Å²) in [5.74, 6) is -0.668. The van der Waals surface area contributed by atoms with Gasteiger partial charge in [0.05, 0.1) is 0 Å². The summed E-state index contributed by atoms with van der Waals surface area (Å²) in [4.78, 5) is 50.8. The van der Waals surface area contributed by atoms with E-state index < -0.39 is 5.69 Å². The van der Waals surface area contributed by atoms with Crippen LogP contribution in [0, 0.1) is 6.92 Å². The molecule has 7 heteroatoms. The van der Waals surface area contributed by atoms with Gasteiger partial charge < -0.3 is 0 Å². The third kappa shape index (κ3) is 3.00. The highest BCUT2D eigenvalue weighted by Gasteiger charge is 2.31. The van der Waals surface area contributed by atoms with Crippen LogP contribution in [0.2, 0.25) is 0 Å². The topological polar surface area (TPSA) is 81.4 Å². The maximum Gasteiger partial charge on any atom is 0.331 e. The number of amides is 2. The number of hydrogen-bond donors (Lipinski definition) is 0. The highest BCUT2D eigenvalue weighted by molar-refractivity contribution is 6.25. The van der Waals surface area contributed by atoms with E-state index in [0.717, 1.165) is 9.95 Å². The molecule has 29 heavy (non-hydrogen) atoms. The molecule has 4 rings (SSSR count). The van der Waals surface area contributed by atoms with Gasteiger partial charge in [-0.2, -0.15) is 0 Å². The van der Waals surface area contributed by atoms with Crippen molar-refractivity contribution in [3.63, 3.8) is 0 Å². The van der Waals surface area contributed by atoms with Gasteiger partial charge in [0.1, 0.15) is 0 Å². The van der Waals surface area contributed by atoms with Gasteiger partial charge >= 0.3 is 5.69 Å². The van der Waals surface area contributed by atoms with Crippen LogP contribution in [-0.2, 0) is 13.6 Å². The van der Waals surface area contributed by atoms with Gasteiger partial charge in [0, 0.05) is 48.4 Å². The second-order valence-corrected chi connectivity index (χ2v) is 7.01. The minimum absolute atomic E-state index is 0.0991. The summed E-state index contributed by atoms with van der Waals surface area (Å²) in [5, 5.41) is 1.55. The van der Waals surface area contributed by atoms with Crippen LogP contribution in [0.25, 0.3) is 10.8 Å². The zero-order chi connectivity index (χ0) is 20.7. The Morgan fingerprint density at radius 3 is 2.07 bits per heavy atom. The third-order valence-corrected chi connectivity index (χ3v) is 5.14. The Labute approximate surface area is 166 Å². The van der Waals surface area contributed by atoms with Crippen LogP contribution in [0.4, 0.5) is 0 Å². The van der Waals surface area contributed by atoms with Crippen molar-refractivity contribution in [3.8, 4) is 0 Å². The molecular formula is C22H19N3O4. The molecule has 0 spiro atoms. The van der Waals surface area contributed by atoms with Crippen molar-refractivity contribution in [2.45, 2.75) is 13.5 Å². The first kappa shape index (κ1) is 18.6. The summed E-state index contributed by atoms with van der Waals surface area (Å²) in [5.41, 5.74) is 0.738. The lowest BCUT2D eigenvalue weighted by molar-refractivity contribution is 0.0628. The maximum atomic E-state index is 12.8. The predicted molar refractivity (Wildman–Crippen MR) is 109 cm³/mol. The van der Waals surface area contributed by atoms with Gasteiger partial charge in [0.2, 0.25) is 0 Å². The minimum atomic E-state index is -0.420. The van der Waals surface area contributed by atoms with Gasteiger partial charge in [-0.15, -0.1) is 0 Å². The molecule has 0 unspecified atom stereocenters. The van der Waals surface area contributed by atoms with Gasteiger partial charge in [-0.05, 0) is 24.4 Å². The lowest BCUT2D eigenvalue weighted by Crippen LogP contribution is -2.40. The summed E-state index contributed by atoms with van der Waals surface area (Å²) in [7, 11) is 1.43. The Morgan fingerprint density at radius 2 is 1.45 bits per heavy atom. The molecule has 2 heterocycles. The fraction of sp³-hybridized carbons (Fsp3) is 0.182. The molecule has 7 nitrogen and oxygen atoms in total. The largest absolute Gasteiger partial charge is 0.331 e. The number of hydrogen-bond acceptors (Lipinski definition) is 4. The quantitative estimate of drug-likeness (QED) is 0.504. The van der Waals surface area contributed by atoms with Crippen molar-refractivity contribution in [2.24, 2.45) is 7.05 Å². The first-order valence-electron chi connectivity index (χ1n) is 9.20. The molecule has 2 amide bonds. The number of allylic oxidation sites excluding steroid dienone is 1. The van der Waals surface area contributed by atoms with Gasteiger partial charge in [-0.1, -0.05) is 36.4 Å². The van der Waals surface area contributed by atoms with Crippen LogP contribution in [0.15, 0.2) is 64.3 Å². The third-order valence-electron chi connectivity index (χ3n) is 5.14. The van der Waals surface area contributed by atoms with Gasteiger partial charge in [0.15, 0.2) is 0 Å². The van der Waals surface area contributed by atoms with Crippen molar-refractivity contribution in [1.29, 1.82) is 0 Å². The summed E-state index contributed by atoms with van der Waals surface area (Å²) in [6.45, 7) is 1.98. The number of benzene rings is 2. The molecule has 1 aliphatic heterocycles. The highest BCUT2D eigenvalue weighted by Crippen LogP contribution is 2.29. The fourth-order valence-corrected chi connectivity index (χ4v) is 3.63. The molecule has 0 saturated carbocycles. The summed E-state index contributed by atoms with van der Waals surface area (Å²) in [6.07, 6.45) is 4.88. The molecule has 0 N–H and O–H groups in total. The molecule has 0 fully saturated rings. The van der Waals surface area contributed by atoms with Crippen LogP contribution in [0.3, 0.4) is 0 Å². The Balaban J connectivity index is 1.57. The number of aromatic nitrogens is 2. The van der Waals surface area contributed by atoms with E-state index in [0.29, 0.717) is 22.1 Å². The van der Waals surface area contributed by atoms with E-state index >= 15 is 0 Å². The summed E-state index contributed by atoms with van der Waals surface area (Å²) < 4.78 is 2.46. The monoisotopic (exact) mass is 389 g/mol. The van der Waals surface area contributed by atoms with Crippen molar-refractivity contribution in [2.75, 3.05) is 6.54 Å². The molecular weight excluding hydrogens is 370 g/mol. The lowest BCUT2D eigenvalue weighted by atomic mass is 9.94. The Hall–Kier alpha value is -3.74. The molecule has 0 atom stereocenters. The number of carbonyl (C=O) groups excluding carboxylic acids is 2. The van der Waals surface area contributed by atoms with Crippen LogP contribution >= 0.6 is 0 Å². The minimum Gasteiger partial charge on any atom is -0.296 e. The van der Waals surface area contributed by atoms with E-state index in [9.17, 15) is 19.2 Å². The normalized spacial score (nSPS) is 13.7. The Bertz CT molecular complexity index is 1260. The van der Waals surface area contributed by atoms with E-state index in [1.54, 1.807) is 43.3 Å². The van der Waals surface area contributed by atoms with Crippen molar-refractivity contribution < 1.29 is 9.59 Å². The van der Waals surface area contributed by atoms with E-state index in [1.807, 2.05) is 12.1 Å². The van der Waals surface area contributed by atoms with Crippen LogP contribution in [0.5, 0.6) is 0 Å². The second kappa shape index (κ2) is 7.01. The average Bonchev–Trinajstić information content (AvgIpc) is 2.73. The Kier molecular flexibility index (Phi) is 4.50. The molecule has 0 bridgehead atoms. The standard InChI is InChI=1S/C22H19N3O4/c1-14-13-24(22(29)23(2)19(14)26)11-3-4-12-25-20(27)16-9-5-7-15-8-6-10-17(18(15)16)21(25)28/h3-10,13H,11-12H2,1-2H3/b4-3-. The van der Waals surface area contributed by atoms with E-state index in [-0.39, 0.29) is 30.5 Å². The smallest absolute Gasteiger partial charge is 0.296 e. The van der Waals surface area contributed by atoms with E-state index in [1.165, 1.54) is 22.7 Å². The van der Waals surface area contributed by atoms with Crippen LogP contribution in [0.1, 0.15) is 26.3 Å². The number of imide groups is 1. The Morgan fingerprint density at radius 1 is 0.862 bits per heavy atom. The number of carbonyl (C=O) groups is 2. The summed E-state index contributed by atoms with van der Waals surface area (Å²) in [6, 6.07) is 10.8. The number of aryl methyl sites for hydroxylation is 1. The van der Waals surface area contributed by atoms with E-state index in [4.69, 9.17) is 0 Å². The van der Waals surface area contributed by atoms with Crippen molar-refractivity contribution >= 4 is 22.6 Å². The molecule has 1 aromatic heterocycles. The number of nitrogens with zero attached hydrogens (tertiary/aromatic N) is 3. The zero-order valence-corrected chi connectivity index (χ0v) is 16.1. The van der Waals surface area contributed by atoms with Gasteiger partial charge in [-0.25, -0.2) is 4.79 Å². The molecule has 0 saturated heterocycles. The molecule has 0 aliphatic carbocycles. The fourth-order valence-electron chi connectivity index (χ4n) is 3.63. The van der Waals surface area contributed by atoms with Crippen molar-refractivity contribution in [3.05, 3.63) is 92.3 Å². The highest BCUT2D eigenvalue weighted by atomic mass is 16.2.